The van der Waals surface area contributed by atoms with Crippen molar-refractivity contribution in [2.24, 2.45) is 5.92 Å². The molecule has 0 aromatic carbocycles. The molecule has 0 N–H and O–H groups in total. The second kappa shape index (κ2) is 8.80. The summed E-state index contributed by atoms with van der Waals surface area (Å²) in [4.78, 5) is 26.2. The minimum absolute atomic E-state index is 0.294. The highest BCUT2D eigenvalue weighted by Gasteiger charge is 2.26. The first kappa shape index (κ1) is 19.1. The Morgan fingerprint density at radius 1 is 1.27 bits per heavy atom. The summed E-state index contributed by atoms with van der Waals surface area (Å²) in [7, 11) is 0. The summed E-state index contributed by atoms with van der Waals surface area (Å²) in [6.07, 6.45) is 3.76. The van der Waals surface area contributed by atoms with Gasteiger partial charge in [0.05, 0.1) is 18.9 Å². The van der Waals surface area contributed by atoms with Gasteiger partial charge in [0, 0.05) is 44.6 Å². The second-order valence-corrected chi connectivity index (χ2v) is 7.91. The Bertz CT molecular complexity index is 614. The molecule has 1 aromatic rings. The van der Waals surface area contributed by atoms with Crippen LogP contribution < -0.4 is 4.90 Å². The van der Waals surface area contributed by atoms with Crippen LogP contribution in [0.15, 0.2) is 6.07 Å². The third-order valence-corrected chi connectivity index (χ3v) is 5.31. The van der Waals surface area contributed by atoms with Gasteiger partial charge in [0.15, 0.2) is 0 Å². The number of likely N-dealkylation sites (tertiary alicyclic amines) is 1. The predicted molar refractivity (Wildman–Crippen MR) is 102 cm³/mol. The number of piperidine rings is 1. The smallest absolute Gasteiger partial charge is 0.222 e. The number of nitrogens with zero attached hydrogens (tertiary/aromatic N) is 4. The number of rotatable bonds is 5. The van der Waals surface area contributed by atoms with E-state index < -0.39 is 0 Å². The molecular weight excluding hydrogens is 328 g/mol. The van der Waals surface area contributed by atoms with Gasteiger partial charge in [-0.05, 0) is 32.1 Å². The Labute approximate surface area is 156 Å². The summed E-state index contributed by atoms with van der Waals surface area (Å²) >= 11 is 0. The molecule has 0 bridgehead atoms. The zero-order valence-electron chi connectivity index (χ0n) is 16.4. The molecule has 0 unspecified atom stereocenters. The number of aryl methyl sites for hydroxylation is 1. The molecule has 26 heavy (non-hydrogen) atoms. The Morgan fingerprint density at radius 2 is 2.04 bits per heavy atom. The number of anilines is 1. The van der Waals surface area contributed by atoms with Crippen molar-refractivity contribution in [2.75, 3.05) is 44.3 Å². The van der Waals surface area contributed by atoms with E-state index in [0.717, 1.165) is 76.0 Å². The molecule has 0 radical (unpaired) electrons. The summed E-state index contributed by atoms with van der Waals surface area (Å²) in [5.74, 6) is 2.99. The third kappa shape index (κ3) is 4.93. The molecule has 2 aliphatic heterocycles. The first-order valence-corrected chi connectivity index (χ1v) is 9.99. The van der Waals surface area contributed by atoms with E-state index in [2.05, 4.69) is 29.8 Å². The zero-order valence-corrected chi connectivity index (χ0v) is 16.4. The largest absolute Gasteiger partial charge is 0.378 e. The number of hydrogen-bond donors (Lipinski definition) is 0. The van der Waals surface area contributed by atoms with Gasteiger partial charge in [-0.2, -0.15) is 0 Å². The maximum atomic E-state index is 12.5. The van der Waals surface area contributed by atoms with Crippen LogP contribution in [0.3, 0.4) is 0 Å². The number of morpholine rings is 1. The molecule has 0 saturated carbocycles. The van der Waals surface area contributed by atoms with E-state index >= 15 is 0 Å². The van der Waals surface area contributed by atoms with Crippen LogP contribution in [0.4, 0.5) is 5.82 Å². The van der Waals surface area contributed by atoms with E-state index in [-0.39, 0.29) is 0 Å². The van der Waals surface area contributed by atoms with Gasteiger partial charge >= 0.3 is 0 Å². The second-order valence-electron chi connectivity index (χ2n) is 7.91. The molecule has 6 nitrogen and oxygen atoms in total. The Hall–Kier alpha value is -1.69. The maximum absolute atomic E-state index is 12.5. The predicted octanol–water partition coefficient (Wildman–Crippen LogP) is 2.76. The quantitative estimate of drug-likeness (QED) is 0.808. The van der Waals surface area contributed by atoms with Crippen molar-refractivity contribution >= 4 is 11.7 Å². The molecule has 1 atom stereocenters. The molecule has 1 amide bonds. The molecule has 144 valence electrons. The highest BCUT2D eigenvalue weighted by Crippen LogP contribution is 2.28. The van der Waals surface area contributed by atoms with Crippen molar-refractivity contribution < 1.29 is 9.53 Å². The summed E-state index contributed by atoms with van der Waals surface area (Å²) in [6, 6.07) is 2.13. The van der Waals surface area contributed by atoms with Crippen LogP contribution in [0.2, 0.25) is 0 Å². The number of amides is 1. The molecule has 3 heterocycles. The van der Waals surface area contributed by atoms with Crippen LogP contribution in [0, 0.1) is 12.8 Å². The van der Waals surface area contributed by atoms with Gasteiger partial charge in [-0.15, -0.1) is 0 Å². The van der Waals surface area contributed by atoms with Gasteiger partial charge in [-0.25, -0.2) is 9.97 Å². The molecule has 3 rings (SSSR count). The number of carbonyl (C=O) groups is 1. The fraction of sp³-hybridized carbons (Fsp3) is 0.750. The monoisotopic (exact) mass is 360 g/mol. The number of hydrogen-bond acceptors (Lipinski definition) is 5. The van der Waals surface area contributed by atoms with Gasteiger partial charge < -0.3 is 14.5 Å². The molecule has 0 spiro atoms. The molecule has 2 saturated heterocycles. The lowest BCUT2D eigenvalue weighted by molar-refractivity contribution is -0.132. The van der Waals surface area contributed by atoms with Crippen LogP contribution >= 0.6 is 0 Å². The van der Waals surface area contributed by atoms with Gasteiger partial charge in [0.1, 0.15) is 11.6 Å². The van der Waals surface area contributed by atoms with Crippen molar-refractivity contribution in [1.82, 2.24) is 14.9 Å². The normalized spacial score (nSPS) is 21.3. The zero-order chi connectivity index (χ0) is 18.5. The van der Waals surface area contributed by atoms with Gasteiger partial charge in [0.25, 0.3) is 0 Å². The molecule has 1 aromatic heterocycles. The van der Waals surface area contributed by atoms with E-state index in [4.69, 9.17) is 9.72 Å². The maximum Gasteiger partial charge on any atom is 0.222 e. The average Bonchev–Trinajstić information content (AvgIpc) is 2.66. The lowest BCUT2D eigenvalue weighted by atomic mass is 9.93. The minimum atomic E-state index is 0.294. The number of carbonyl (C=O) groups excluding carboxylic acids is 1. The van der Waals surface area contributed by atoms with E-state index in [1.54, 1.807) is 0 Å². The summed E-state index contributed by atoms with van der Waals surface area (Å²) in [6.45, 7) is 11.2. The SMILES string of the molecule is Cc1nc([C@@H]2CCCN(C(=O)CCC(C)C)C2)cc(N2CCOCC2)n1. The average molecular weight is 361 g/mol. The van der Waals surface area contributed by atoms with Crippen LogP contribution in [0.1, 0.15) is 57.0 Å². The van der Waals surface area contributed by atoms with Gasteiger partial charge in [0.2, 0.25) is 5.91 Å². The van der Waals surface area contributed by atoms with Gasteiger partial charge in [-0.3, -0.25) is 4.79 Å². The minimum Gasteiger partial charge on any atom is -0.378 e. The van der Waals surface area contributed by atoms with E-state index in [9.17, 15) is 4.79 Å². The van der Waals surface area contributed by atoms with Crippen molar-refractivity contribution in [3.05, 3.63) is 17.6 Å². The van der Waals surface area contributed by atoms with Crippen LogP contribution in [-0.4, -0.2) is 60.2 Å². The van der Waals surface area contributed by atoms with Gasteiger partial charge in [-0.1, -0.05) is 13.8 Å². The van der Waals surface area contributed by atoms with Crippen molar-refractivity contribution in [3.8, 4) is 0 Å². The topological polar surface area (TPSA) is 58.6 Å². The highest BCUT2D eigenvalue weighted by molar-refractivity contribution is 5.76. The first-order chi connectivity index (χ1) is 12.5. The lowest BCUT2D eigenvalue weighted by Gasteiger charge is -2.33. The van der Waals surface area contributed by atoms with Crippen LogP contribution in [-0.2, 0) is 9.53 Å². The molecule has 6 heteroatoms. The molecule has 2 fully saturated rings. The van der Waals surface area contributed by atoms with Crippen molar-refractivity contribution in [1.29, 1.82) is 0 Å². The molecular formula is C20H32N4O2. The number of ether oxygens (including phenoxy) is 1. The fourth-order valence-electron chi connectivity index (χ4n) is 3.75. The van der Waals surface area contributed by atoms with Crippen molar-refractivity contribution in [3.63, 3.8) is 0 Å². The number of aromatic nitrogens is 2. The van der Waals surface area contributed by atoms with Crippen LogP contribution in [0.25, 0.3) is 0 Å². The van der Waals surface area contributed by atoms with Crippen LogP contribution in [0.5, 0.6) is 0 Å². The summed E-state index contributed by atoms with van der Waals surface area (Å²) < 4.78 is 5.45. The lowest BCUT2D eigenvalue weighted by Crippen LogP contribution is -2.40. The summed E-state index contributed by atoms with van der Waals surface area (Å²) in [5, 5.41) is 0. The standard InChI is InChI=1S/C20H32N4O2/c1-15(2)6-7-20(25)24-8-4-5-17(14-24)18-13-19(22-16(3)21-18)23-9-11-26-12-10-23/h13,15,17H,4-12,14H2,1-3H3/t17-/m1/s1. The Morgan fingerprint density at radius 3 is 2.77 bits per heavy atom. The summed E-state index contributed by atoms with van der Waals surface area (Å²) in [5.41, 5.74) is 1.08. The fourth-order valence-corrected chi connectivity index (χ4v) is 3.75. The molecule has 2 aliphatic rings. The van der Waals surface area contributed by atoms with E-state index in [1.807, 2.05) is 11.8 Å². The van der Waals surface area contributed by atoms with E-state index in [0.29, 0.717) is 24.2 Å². The third-order valence-electron chi connectivity index (χ3n) is 5.31. The first-order valence-electron chi connectivity index (χ1n) is 9.99. The molecule has 0 aliphatic carbocycles. The Kier molecular flexibility index (Phi) is 6.46. The van der Waals surface area contributed by atoms with E-state index in [1.165, 1.54) is 0 Å². The highest BCUT2D eigenvalue weighted by atomic mass is 16.5. The Balaban J connectivity index is 1.69. The van der Waals surface area contributed by atoms with Crippen molar-refractivity contribution in [2.45, 2.75) is 52.4 Å².